The van der Waals surface area contributed by atoms with E-state index in [0.29, 0.717) is 36.9 Å². The van der Waals surface area contributed by atoms with Gasteiger partial charge in [-0.1, -0.05) is 42.5 Å². The van der Waals surface area contributed by atoms with E-state index in [1.54, 1.807) is 16.8 Å². The van der Waals surface area contributed by atoms with Gasteiger partial charge in [-0.15, -0.1) is 11.6 Å². The van der Waals surface area contributed by atoms with Crippen LogP contribution >= 0.6 is 11.6 Å². The molecule has 4 aromatic rings. The summed E-state index contributed by atoms with van der Waals surface area (Å²) in [6.45, 7) is 1.14. The number of halogens is 1. The second kappa shape index (κ2) is 11.3. The van der Waals surface area contributed by atoms with Crippen molar-refractivity contribution in [2.45, 2.75) is 13.0 Å². The summed E-state index contributed by atoms with van der Waals surface area (Å²) < 4.78 is 33.9. The SMILES string of the molecule is O=S(=O)(CCCCl)NCCNc1ccn2ncc(-c3cccc(OCc4ccccc4)c3)c2n1. The molecule has 0 amide bonds. The smallest absolute Gasteiger partial charge is 0.211 e. The Kier molecular flexibility index (Phi) is 7.99. The van der Waals surface area contributed by atoms with Gasteiger partial charge in [0.15, 0.2) is 5.65 Å². The number of aromatic nitrogens is 3. The molecule has 178 valence electrons. The number of rotatable bonds is 12. The Hall–Kier alpha value is -3.14. The summed E-state index contributed by atoms with van der Waals surface area (Å²) in [5.41, 5.74) is 3.60. The fraction of sp³-hybridized carbons (Fsp3) is 0.250. The van der Waals surface area contributed by atoms with Crippen LogP contribution in [-0.2, 0) is 16.6 Å². The third kappa shape index (κ3) is 6.47. The molecular formula is C24H26ClN5O3S. The van der Waals surface area contributed by atoms with Gasteiger partial charge in [-0.25, -0.2) is 22.6 Å². The number of nitrogens with zero attached hydrogens (tertiary/aromatic N) is 3. The molecule has 0 aliphatic heterocycles. The van der Waals surface area contributed by atoms with E-state index in [1.807, 2.05) is 60.8 Å². The average molecular weight is 500 g/mol. The van der Waals surface area contributed by atoms with E-state index in [4.69, 9.17) is 16.3 Å². The highest BCUT2D eigenvalue weighted by Gasteiger charge is 2.11. The summed E-state index contributed by atoms with van der Waals surface area (Å²) in [4.78, 5) is 4.67. The van der Waals surface area contributed by atoms with Crippen molar-refractivity contribution in [3.05, 3.63) is 78.6 Å². The van der Waals surface area contributed by atoms with Gasteiger partial charge in [0.1, 0.15) is 18.2 Å². The lowest BCUT2D eigenvalue weighted by molar-refractivity contribution is 0.306. The zero-order chi connectivity index (χ0) is 23.8. The highest BCUT2D eigenvalue weighted by Crippen LogP contribution is 2.27. The first-order chi connectivity index (χ1) is 16.5. The Bertz CT molecular complexity index is 1330. The van der Waals surface area contributed by atoms with Gasteiger partial charge in [0.25, 0.3) is 0 Å². The molecule has 0 bridgehead atoms. The van der Waals surface area contributed by atoms with Gasteiger partial charge in [-0.3, -0.25) is 0 Å². The molecule has 2 aromatic carbocycles. The normalized spacial score (nSPS) is 11.6. The van der Waals surface area contributed by atoms with E-state index in [1.165, 1.54) is 0 Å². The van der Waals surface area contributed by atoms with Crippen LogP contribution in [0.3, 0.4) is 0 Å². The molecule has 0 atom stereocenters. The van der Waals surface area contributed by atoms with Crippen molar-refractivity contribution < 1.29 is 13.2 Å². The molecule has 0 saturated carbocycles. The Labute approximate surface area is 204 Å². The fourth-order valence-corrected chi connectivity index (χ4v) is 4.75. The van der Waals surface area contributed by atoms with Crippen molar-refractivity contribution in [3.63, 3.8) is 0 Å². The first-order valence-electron chi connectivity index (χ1n) is 10.9. The van der Waals surface area contributed by atoms with Gasteiger partial charge in [0, 0.05) is 30.7 Å². The number of hydrogen-bond acceptors (Lipinski definition) is 6. The Morgan fingerprint density at radius 1 is 1.03 bits per heavy atom. The van der Waals surface area contributed by atoms with Gasteiger partial charge in [-0.2, -0.15) is 5.10 Å². The number of nitrogens with one attached hydrogen (secondary N) is 2. The van der Waals surface area contributed by atoms with E-state index in [0.717, 1.165) is 22.4 Å². The van der Waals surface area contributed by atoms with Crippen molar-refractivity contribution in [2.75, 3.05) is 30.0 Å². The van der Waals surface area contributed by atoms with Crippen LogP contribution in [0.2, 0.25) is 0 Å². The first kappa shape index (κ1) is 24.0. The predicted octanol–water partition coefficient (Wildman–Crippen LogP) is 3.94. The lowest BCUT2D eigenvalue weighted by Gasteiger charge is -2.09. The maximum Gasteiger partial charge on any atom is 0.211 e. The summed E-state index contributed by atoms with van der Waals surface area (Å²) in [5, 5.41) is 7.55. The van der Waals surface area contributed by atoms with E-state index < -0.39 is 10.0 Å². The minimum atomic E-state index is -3.31. The Balaban J connectivity index is 1.42. The number of fused-ring (bicyclic) bond motifs is 1. The molecule has 2 N–H and O–H groups in total. The summed E-state index contributed by atoms with van der Waals surface area (Å²) in [6, 6.07) is 19.6. The van der Waals surface area contributed by atoms with Crippen LogP contribution in [0.4, 0.5) is 5.82 Å². The van der Waals surface area contributed by atoms with E-state index >= 15 is 0 Å². The predicted molar refractivity (Wildman–Crippen MR) is 135 cm³/mol. The van der Waals surface area contributed by atoms with Crippen LogP contribution in [0.25, 0.3) is 16.8 Å². The number of ether oxygens (including phenoxy) is 1. The van der Waals surface area contributed by atoms with Crippen molar-refractivity contribution in [1.82, 2.24) is 19.3 Å². The fourth-order valence-electron chi connectivity index (χ4n) is 3.38. The number of alkyl halides is 1. The first-order valence-corrected chi connectivity index (χ1v) is 13.1. The maximum absolute atomic E-state index is 11.9. The quantitative estimate of drug-likeness (QED) is 0.226. The highest BCUT2D eigenvalue weighted by molar-refractivity contribution is 7.89. The minimum Gasteiger partial charge on any atom is -0.489 e. The van der Waals surface area contributed by atoms with E-state index in [2.05, 4.69) is 20.1 Å². The minimum absolute atomic E-state index is 0.0218. The third-order valence-electron chi connectivity index (χ3n) is 5.06. The van der Waals surface area contributed by atoms with E-state index in [-0.39, 0.29) is 12.3 Å². The lowest BCUT2D eigenvalue weighted by Crippen LogP contribution is -2.31. The molecular weight excluding hydrogens is 474 g/mol. The van der Waals surface area contributed by atoms with Crippen LogP contribution in [0, 0.1) is 0 Å². The van der Waals surface area contributed by atoms with Crippen LogP contribution in [0.1, 0.15) is 12.0 Å². The van der Waals surface area contributed by atoms with Gasteiger partial charge < -0.3 is 10.1 Å². The van der Waals surface area contributed by atoms with Crippen LogP contribution < -0.4 is 14.8 Å². The second-order valence-electron chi connectivity index (χ2n) is 7.62. The summed E-state index contributed by atoms with van der Waals surface area (Å²) in [7, 11) is -3.31. The second-order valence-corrected chi connectivity index (χ2v) is 9.93. The molecule has 0 unspecified atom stereocenters. The largest absolute Gasteiger partial charge is 0.489 e. The highest BCUT2D eigenvalue weighted by atomic mass is 35.5. The zero-order valence-corrected chi connectivity index (χ0v) is 20.1. The molecule has 2 heterocycles. The number of sulfonamides is 1. The van der Waals surface area contributed by atoms with Crippen LogP contribution in [0.5, 0.6) is 5.75 Å². The summed E-state index contributed by atoms with van der Waals surface area (Å²) in [5.74, 6) is 1.73. The molecule has 0 aliphatic rings. The number of anilines is 1. The monoisotopic (exact) mass is 499 g/mol. The van der Waals surface area contributed by atoms with Gasteiger partial charge >= 0.3 is 0 Å². The van der Waals surface area contributed by atoms with Gasteiger partial charge in [-0.05, 0) is 35.7 Å². The molecule has 4 rings (SSSR count). The molecule has 10 heteroatoms. The summed E-state index contributed by atoms with van der Waals surface area (Å²) >= 11 is 5.57. The van der Waals surface area contributed by atoms with Gasteiger partial charge in [0.2, 0.25) is 10.0 Å². The van der Waals surface area contributed by atoms with Crippen molar-refractivity contribution in [2.24, 2.45) is 0 Å². The molecule has 0 aliphatic carbocycles. The van der Waals surface area contributed by atoms with Crippen molar-refractivity contribution >= 4 is 33.1 Å². The molecule has 0 fully saturated rings. The average Bonchev–Trinajstić information content (AvgIpc) is 3.28. The Morgan fingerprint density at radius 2 is 1.88 bits per heavy atom. The van der Waals surface area contributed by atoms with Crippen molar-refractivity contribution in [1.29, 1.82) is 0 Å². The lowest BCUT2D eigenvalue weighted by atomic mass is 10.1. The summed E-state index contributed by atoms with van der Waals surface area (Å²) in [6.07, 6.45) is 4.01. The standard InChI is InChI=1S/C24H26ClN5O3S/c25-11-5-15-34(31,32)28-13-12-26-23-10-14-30-24(29-23)22(17-27-30)20-8-4-9-21(16-20)33-18-19-6-2-1-3-7-19/h1-4,6-10,14,16-17,28H,5,11-13,15,18H2,(H,26,29). The van der Waals surface area contributed by atoms with Crippen molar-refractivity contribution in [3.8, 4) is 16.9 Å². The topological polar surface area (TPSA) is 97.6 Å². The zero-order valence-electron chi connectivity index (χ0n) is 18.5. The number of hydrogen-bond donors (Lipinski definition) is 2. The molecule has 0 saturated heterocycles. The number of benzene rings is 2. The van der Waals surface area contributed by atoms with Crippen LogP contribution in [-0.4, -0.2) is 47.7 Å². The molecule has 0 radical (unpaired) electrons. The maximum atomic E-state index is 11.9. The molecule has 34 heavy (non-hydrogen) atoms. The molecule has 8 nitrogen and oxygen atoms in total. The third-order valence-corrected chi connectivity index (χ3v) is 6.80. The molecule has 0 spiro atoms. The van der Waals surface area contributed by atoms with Crippen LogP contribution in [0.15, 0.2) is 73.1 Å². The van der Waals surface area contributed by atoms with Gasteiger partial charge in [0.05, 0.1) is 11.9 Å². The molecule has 2 aromatic heterocycles. The van der Waals surface area contributed by atoms with E-state index in [9.17, 15) is 8.42 Å². The Morgan fingerprint density at radius 3 is 2.71 bits per heavy atom.